The number of ether oxygens (including phenoxy) is 2. The van der Waals surface area contributed by atoms with Crippen LogP contribution in [0.2, 0.25) is 0 Å². The topological polar surface area (TPSA) is 90.4 Å². The maximum Gasteiger partial charge on any atom is 0.330 e. The number of alkyl halides is 1. The highest BCUT2D eigenvalue weighted by Crippen LogP contribution is 2.07. The summed E-state index contributed by atoms with van der Waals surface area (Å²) in [5, 5.41) is 0. The first-order chi connectivity index (χ1) is 8.95. The summed E-state index contributed by atoms with van der Waals surface area (Å²) in [5.74, 6) is -0.395. The molecule has 106 valence electrons. The summed E-state index contributed by atoms with van der Waals surface area (Å²) in [4.78, 5) is 35.6. The average Bonchev–Trinajstić information content (AvgIpc) is 2.34. The number of hydrogen-bond acceptors (Lipinski definition) is 5. The van der Waals surface area contributed by atoms with Crippen molar-refractivity contribution in [1.29, 1.82) is 0 Å². The molecule has 0 aliphatic carbocycles. The number of carbonyl (C=O) groups is 1. The van der Waals surface area contributed by atoms with E-state index in [1.165, 1.54) is 17.7 Å². The summed E-state index contributed by atoms with van der Waals surface area (Å²) in [7, 11) is 0. The van der Waals surface area contributed by atoms with Crippen LogP contribution in [0, 0.1) is 6.92 Å². The highest BCUT2D eigenvalue weighted by molar-refractivity contribution is 6.18. The summed E-state index contributed by atoms with van der Waals surface area (Å²) < 4.78 is 11.2. The van der Waals surface area contributed by atoms with Gasteiger partial charge in [-0.25, -0.2) is 4.79 Å². The fourth-order valence-corrected chi connectivity index (χ4v) is 1.61. The van der Waals surface area contributed by atoms with Gasteiger partial charge in [-0.3, -0.25) is 19.1 Å². The van der Waals surface area contributed by atoms with Crippen molar-refractivity contribution in [2.24, 2.45) is 0 Å². The number of nitrogens with one attached hydrogen (secondary N) is 1. The highest BCUT2D eigenvalue weighted by Gasteiger charge is 2.13. The Morgan fingerprint density at radius 1 is 1.47 bits per heavy atom. The summed E-state index contributed by atoms with van der Waals surface area (Å²) >= 11 is 5.72. The van der Waals surface area contributed by atoms with Crippen LogP contribution >= 0.6 is 11.6 Å². The molecule has 0 aliphatic heterocycles. The molecule has 0 fully saturated rings. The molecule has 0 amide bonds. The van der Waals surface area contributed by atoms with Crippen LogP contribution in [-0.4, -0.2) is 34.6 Å². The SMILES string of the molecule is CC(=O)OCCOC(CCl)n1cc(C)c(=O)[nH]c1=O. The zero-order chi connectivity index (χ0) is 14.4. The number of nitrogens with zero attached hydrogens (tertiary/aromatic N) is 1. The maximum atomic E-state index is 11.6. The number of aromatic nitrogens is 2. The largest absolute Gasteiger partial charge is 0.463 e. The van der Waals surface area contributed by atoms with Crippen molar-refractivity contribution >= 4 is 17.6 Å². The number of carbonyl (C=O) groups excluding carboxylic acids is 1. The van der Waals surface area contributed by atoms with Crippen molar-refractivity contribution < 1.29 is 14.3 Å². The van der Waals surface area contributed by atoms with E-state index in [-0.39, 0.29) is 19.1 Å². The number of rotatable bonds is 6. The van der Waals surface area contributed by atoms with E-state index in [2.05, 4.69) is 4.98 Å². The van der Waals surface area contributed by atoms with Crippen LogP contribution in [0.1, 0.15) is 18.7 Å². The standard InChI is InChI=1S/C11H15ClN2O5/c1-7-6-14(11(17)13-10(7)16)9(5-12)19-4-3-18-8(2)15/h6,9H,3-5H2,1-2H3,(H,13,16,17). The molecule has 1 aromatic heterocycles. The van der Waals surface area contributed by atoms with Crippen molar-refractivity contribution in [3.05, 3.63) is 32.6 Å². The van der Waals surface area contributed by atoms with Gasteiger partial charge in [-0.15, -0.1) is 11.6 Å². The lowest BCUT2D eigenvalue weighted by atomic mass is 10.4. The highest BCUT2D eigenvalue weighted by atomic mass is 35.5. The van der Waals surface area contributed by atoms with Gasteiger partial charge in [0.1, 0.15) is 6.61 Å². The van der Waals surface area contributed by atoms with Crippen LogP contribution in [0.15, 0.2) is 15.8 Å². The minimum atomic E-state index is -0.736. The number of aromatic amines is 1. The third-order valence-electron chi connectivity index (χ3n) is 2.29. The molecule has 1 rings (SSSR count). The summed E-state index contributed by atoms with van der Waals surface area (Å²) in [5.41, 5.74) is -0.679. The molecule has 1 aromatic rings. The van der Waals surface area contributed by atoms with Crippen molar-refractivity contribution in [2.75, 3.05) is 19.1 Å². The van der Waals surface area contributed by atoms with E-state index in [9.17, 15) is 14.4 Å². The Hall–Kier alpha value is -1.60. The second-order valence-electron chi connectivity index (χ2n) is 3.80. The zero-order valence-corrected chi connectivity index (χ0v) is 11.4. The zero-order valence-electron chi connectivity index (χ0n) is 10.6. The van der Waals surface area contributed by atoms with Crippen molar-refractivity contribution in [1.82, 2.24) is 9.55 Å². The van der Waals surface area contributed by atoms with Gasteiger partial charge in [0.15, 0.2) is 6.23 Å². The molecule has 0 aromatic carbocycles. The quantitative estimate of drug-likeness (QED) is 0.458. The van der Waals surface area contributed by atoms with Crippen molar-refractivity contribution in [3.8, 4) is 0 Å². The van der Waals surface area contributed by atoms with Crippen LogP contribution in [0.4, 0.5) is 0 Å². The predicted octanol–water partition coefficient (Wildman–Crippen LogP) is 0.162. The molecule has 8 heteroatoms. The Labute approximate surface area is 114 Å². The first kappa shape index (κ1) is 15.5. The van der Waals surface area contributed by atoms with E-state index >= 15 is 0 Å². The van der Waals surface area contributed by atoms with E-state index in [1.807, 2.05) is 0 Å². The van der Waals surface area contributed by atoms with Gasteiger partial charge in [0.05, 0.1) is 12.5 Å². The van der Waals surface area contributed by atoms with Gasteiger partial charge in [-0.05, 0) is 6.92 Å². The minimum absolute atomic E-state index is 0.0193. The second-order valence-corrected chi connectivity index (χ2v) is 4.11. The molecular formula is C11H15ClN2O5. The van der Waals surface area contributed by atoms with Gasteiger partial charge in [-0.2, -0.15) is 0 Å². The number of halogens is 1. The van der Waals surface area contributed by atoms with Crippen LogP contribution in [0.5, 0.6) is 0 Å². The first-order valence-electron chi connectivity index (χ1n) is 5.58. The second kappa shape index (κ2) is 7.10. The first-order valence-corrected chi connectivity index (χ1v) is 6.12. The van der Waals surface area contributed by atoms with Crippen LogP contribution in [0.25, 0.3) is 0 Å². The maximum absolute atomic E-state index is 11.6. The molecule has 0 saturated heterocycles. The molecule has 7 nitrogen and oxygen atoms in total. The van der Waals surface area contributed by atoms with Gasteiger partial charge in [-0.1, -0.05) is 0 Å². The summed E-state index contributed by atoms with van der Waals surface area (Å²) in [6, 6.07) is 0. The lowest BCUT2D eigenvalue weighted by Gasteiger charge is -2.17. The fourth-order valence-electron chi connectivity index (χ4n) is 1.37. The third-order valence-corrected chi connectivity index (χ3v) is 2.55. The monoisotopic (exact) mass is 290 g/mol. The van der Waals surface area contributed by atoms with Crippen molar-refractivity contribution in [3.63, 3.8) is 0 Å². The molecule has 1 atom stereocenters. The van der Waals surface area contributed by atoms with Gasteiger partial charge in [0.2, 0.25) is 0 Å². The van der Waals surface area contributed by atoms with E-state index in [0.717, 1.165) is 0 Å². The molecule has 0 radical (unpaired) electrons. The lowest BCUT2D eigenvalue weighted by molar-refractivity contribution is -0.143. The molecule has 0 saturated carbocycles. The van der Waals surface area contributed by atoms with Crippen LogP contribution < -0.4 is 11.2 Å². The average molecular weight is 291 g/mol. The summed E-state index contributed by atoms with van der Waals surface area (Å²) in [6.45, 7) is 3.02. The predicted molar refractivity (Wildman–Crippen MR) is 68.4 cm³/mol. The Balaban J connectivity index is 2.75. The smallest absolute Gasteiger partial charge is 0.330 e. The van der Waals surface area contributed by atoms with Gasteiger partial charge < -0.3 is 9.47 Å². The molecular weight excluding hydrogens is 276 g/mol. The van der Waals surface area contributed by atoms with E-state index < -0.39 is 23.4 Å². The van der Waals surface area contributed by atoms with Crippen LogP contribution in [-0.2, 0) is 14.3 Å². The number of esters is 1. The van der Waals surface area contributed by atoms with Crippen molar-refractivity contribution in [2.45, 2.75) is 20.1 Å². The Kier molecular flexibility index (Phi) is 5.78. The molecule has 1 N–H and O–H groups in total. The fraction of sp³-hybridized carbons (Fsp3) is 0.545. The van der Waals surface area contributed by atoms with Gasteiger partial charge >= 0.3 is 11.7 Å². The number of aryl methyl sites for hydroxylation is 1. The van der Waals surface area contributed by atoms with Gasteiger partial charge in [0, 0.05) is 18.7 Å². The third kappa shape index (κ3) is 4.53. The van der Waals surface area contributed by atoms with E-state index in [0.29, 0.717) is 5.56 Å². The molecule has 0 aliphatic rings. The lowest BCUT2D eigenvalue weighted by Crippen LogP contribution is -2.35. The molecule has 1 heterocycles. The minimum Gasteiger partial charge on any atom is -0.463 e. The molecule has 19 heavy (non-hydrogen) atoms. The Morgan fingerprint density at radius 2 is 2.16 bits per heavy atom. The summed E-state index contributed by atoms with van der Waals surface area (Å²) in [6.07, 6.45) is 0.639. The molecule has 1 unspecified atom stereocenters. The van der Waals surface area contributed by atoms with E-state index in [4.69, 9.17) is 21.1 Å². The van der Waals surface area contributed by atoms with E-state index in [1.54, 1.807) is 6.92 Å². The number of H-pyrrole nitrogens is 1. The molecule has 0 spiro atoms. The number of hydrogen-bond donors (Lipinski definition) is 1. The molecule has 0 bridgehead atoms. The normalized spacial score (nSPS) is 12.2. The van der Waals surface area contributed by atoms with Crippen LogP contribution in [0.3, 0.4) is 0 Å². The van der Waals surface area contributed by atoms with Gasteiger partial charge in [0.25, 0.3) is 5.56 Å². The Bertz CT molecular complexity index is 551. The Morgan fingerprint density at radius 3 is 2.74 bits per heavy atom.